The van der Waals surface area contributed by atoms with Gasteiger partial charge in [-0.2, -0.15) is 5.10 Å². The Morgan fingerprint density at radius 1 is 1.17 bits per heavy atom. The number of amides is 2. The van der Waals surface area contributed by atoms with Crippen LogP contribution in [0.4, 0.5) is 0 Å². The number of hydrazone groups is 1. The van der Waals surface area contributed by atoms with Gasteiger partial charge in [-0.1, -0.05) is 44.2 Å². The molecule has 0 aliphatic carbocycles. The van der Waals surface area contributed by atoms with E-state index in [1.807, 2.05) is 50.2 Å². The highest BCUT2D eigenvalue weighted by Crippen LogP contribution is 2.26. The van der Waals surface area contributed by atoms with Crippen LogP contribution in [0.15, 0.2) is 41.5 Å². The van der Waals surface area contributed by atoms with Crippen LogP contribution in [0.5, 0.6) is 5.75 Å². The standard InChI is InChI=1S/C18H21N3O3/c1-12(2)10-19-17(22)18(23)21-20-11-15-14-7-5-4-6-13(14)8-9-16(15)24-3/h4-9,11-12H,10H2,1-3H3,(H,19,22)(H,21,23)/b20-11-. The molecule has 0 saturated heterocycles. The molecule has 6 nitrogen and oxygen atoms in total. The van der Waals surface area contributed by atoms with Crippen molar-refractivity contribution in [2.75, 3.05) is 13.7 Å². The van der Waals surface area contributed by atoms with Gasteiger partial charge < -0.3 is 10.1 Å². The van der Waals surface area contributed by atoms with Crippen LogP contribution in [0.1, 0.15) is 19.4 Å². The second-order valence-electron chi connectivity index (χ2n) is 5.71. The Labute approximate surface area is 140 Å². The molecule has 0 unspecified atom stereocenters. The van der Waals surface area contributed by atoms with Crippen LogP contribution in [0.25, 0.3) is 10.8 Å². The van der Waals surface area contributed by atoms with Gasteiger partial charge in [0, 0.05) is 12.1 Å². The topological polar surface area (TPSA) is 79.8 Å². The summed E-state index contributed by atoms with van der Waals surface area (Å²) in [6.07, 6.45) is 1.48. The average molecular weight is 327 g/mol. The van der Waals surface area contributed by atoms with E-state index in [1.54, 1.807) is 7.11 Å². The monoisotopic (exact) mass is 327 g/mol. The van der Waals surface area contributed by atoms with E-state index >= 15 is 0 Å². The van der Waals surface area contributed by atoms with Crippen LogP contribution in [0, 0.1) is 5.92 Å². The average Bonchev–Trinajstić information content (AvgIpc) is 2.59. The van der Waals surface area contributed by atoms with Gasteiger partial charge in [0.1, 0.15) is 5.75 Å². The van der Waals surface area contributed by atoms with Crippen LogP contribution in [0.3, 0.4) is 0 Å². The fourth-order valence-corrected chi connectivity index (χ4v) is 2.17. The second-order valence-corrected chi connectivity index (χ2v) is 5.71. The number of nitrogens with one attached hydrogen (secondary N) is 2. The molecule has 0 fully saturated rings. The maximum absolute atomic E-state index is 11.7. The molecule has 2 N–H and O–H groups in total. The normalized spacial score (nSPS) is 11.0. The van der Waals surface area contributed by atoms with Gasteiger partial charge in [-0.25, -0.2) is 5.43 Å². The molecule has 126 valence electrons. The van der Waals surface area contributed by atoms with Crippen LogP contribution in [-0.4, -0.2) is 31.7 Å². The minimum atomic E-state index is -0.800. The summed E-state index contributed by atoms with van der Waals surface area (Å²) in [5.41, 5.74) is 2.97. The Bertz CT molecular complexity index is 769. The van der Waals surface area contributed by atoms with Crippen molar-refractivity contribution in [3.05, 3.63) is 42.0 Å². The number of rotatable bonds is 5. The number of carbonyl (C=O) groups is 2. The predicted molar refractivity (Wildman–Crippen MR) is 94.1 cm³/mol. The van der Waals surface area contributed by atoms with Gasteiger partial charge in [0.2, 0.25) is 0 Å². The molecule has 0 atom stereocenters. The number of hydrogen-bond acceptors (Lipinski definition) is 4. The van der Waals surface area contributed by atoms with Gasteiger partial charge in [-0.05, 0) is 22.8 Å². The van der Waals surface area contributed by atoms with Crippen molar-refractivity contribution in [3.8, 4) is 5.75 Å². The fraction of sp³-hybridized carbons (Fsp3) is 0.278. The number of hydrogen-bond donors (Lipinski definition) is 2. The second kappa shape index (κ2) is 8.10. The zero-order valence-corrected chi connectivity index (χ0v) is 14.0. The lowest BCUT2D eigenvalue weighted by atomic mass is 10.0. The highest BCUT2D eigenvalue weighted by Gasteiger charge is 2.12. The van der Waals surface area contributed by atoms with Crippen molar-refractivity contribution in [1.82, 2.24) is 10.7 Å². The third-order valence-corrected chi connectivity index (χ3v) is 3.39. The summed E-state index contributed by atoms with van der Waals surface area (Å²) in [7, 11) is 1.57. The number of methoxy groups -OCH3 is 1. The van der Waals surface area contributed by atoms with Crippen molar-refractivity contribution >= 4 is 28.8 Å². The SMILES string of the molecule is COc1ccc2ccccc2c1/C=N\NC(=O)C(=O)NCC(C)C. The first-order chi connectivity index (χ1) is 11.5. The van der Waals surface area contributed by atoms with E-state index in [0.717, 1.165) is 16.3 Å². The number of fused-ring (bicyclic) bond motifs is 1. The van der Waals surface area contributed by atoms with E-state index in [2.05, 4.69) is 15.8 Å². The molecule has 2 amide bonds. The van der Waals surface area contributed by atoms with Gasteiger partial charge in [-0.15, -0.1) is 0 Å². The Morgan fingerprint density at radius 2 is 1.92 bits per heavy atom. The Balaban J connectivity index is 2.13. The summed E-state index contributed by atoms with van der Waals surface area (Å²) in [6.45, 7) is 4.33. The van der Waals surface area contributed by atoms with Crippen molar-refractivity contribution in [2.24, 2.45) is 11.0 Å². The zero-order valence-electron chi connectivity index (χ0n) is 14.0. The minimum Gasteiger partial charge on any atom is -0.496 e. The lowest BCUT2D eigenvalue weighted by Crippen LogP contribution is -2.39. The Hall–Kier alpha value is -2.89. The molecule has 0 bridgehead atoms. The molecule has 0 aromatic heterocycles. The molecule has 24 heavy (non-hydrogen) atoms. The van der Waals surface area contributed by atoms with E-state index in [4.69, 9.17) is 4.74 Å². The summed E-state index contributed by atoms with van der Waals surface area (Å²) in [6, 6.07) is 11.6. The maximum Gasteiger partial charge on any atom is 0.329 e. The lowest BCUT2D eigenvalue weighted by Gasteiger charge is -2.08. The summed E-state index contributed by atoms with van der Waals surface area (Å²) < 4.78 is 5.34. The highest BCUT2D eigenvalue weighted by molar-refractivity contribution is 6.35. The van der Waals surface area contributed by atoms with Crippen molar-refractivity contribution in [1.29, 1.82) is 0 Å². The smallest absolute Gasteiger partial charge is 0.329 e. The zero-order chi connectivity index (χ0) is 17.5. The summed E-state index contributed by atoms with van der Waals surface area (Å²) in [5, 5.41) is 8.39. The first kappa shape index (κ1) is 17.5. The van der Waals surface area contributed by atoms with Gasteiger partial charge in [0.25, 0.3) is 0 Å². The molecule has 0 aliphatic heterocycles. The summed E-state index contributed by atoms with van der Waals surface area (Å²) in [5.74, 6) is -0.599. The summed E-state index contributed by atoms with van der Waals surface area (Å²) >= 11 is 0. The molecule has 0 radical (unpaired) electrons. The van der Waals surface area contributed by atoms with E-state index in [0.29, 0.717) is 12.3 Å². The van der Waals surface area contributed by atoms with Crippen LogP contribution < -0.4 is 15.5 Å². The number of benzene rings is 2. The van der Waals surface area contributed by atoms with Crippen LogP contribution in [0.2, 0.25) is 0 Å². The molecular weight excluding hydrogens is 306 g/mol. The summed E-state index contributed by atoms with van der Waals surface area (Å²) in [4.78, 5) is 23.3. The van der Waals surface area contributed by atoms with Crippen molar-refractivity contribution in [3.63, 3.8) is 0 Å². The quantitative estimate of drug-likeness (QED) is 0.501. The fourth-order valence-electron chi connectivity index (χ4n) is 2.17. The predicted octanol–water partition coefficient (Wildman–Crippen LogP) is 2.07. The highest BCUT2D eigenvalue weighted by atomic mass is 16.5. The molecular formula is C18H21N3O3. The molecule has 2 aromatic rings. The first-order valence-electron chi connectivity index (χ1n) is 7.70. The van der Waals surface area contributed by atoms with Crippen LogP contribution in [-0.2, 0) is 9.59 Å². The first-order valence-corrected chi connectivity index (χ1v) is 7.70. The van der Waals surface area contributed by atoms with Crippen molar-refractivity contribution < 1.29 is 14.3 Å². The minimum absolute atomic E-state index is 0.269. The molecule has 0 spiro atoms. The molecule has 0 saturated carbocycles. The number of ether oxygens (including phenoxy) is 1. The molecule has 0 heterocycles. The van der Waals surface area contributed by atoms with E-state index in [9.17, 15) is 9.59 Å². The Kier molecular flexibility index (Phi) is 5.89. The largest absolute Gasteiger partial charge is 0.496 e. The van der Waals surface area contributed by atoms with Gasteiger partial charge in [0.15, 0.2) is 0 Å². The molecule has 2 aromatic carbocycles. The molecule has 2 rings (SSSR count). The van der Waals surface area contributed by atoms with Gasteiger partial charge in [-0.3, -0.25) is 9.59 Å². The number of carbonyl (C=O) groups excluding carboxylic acids is 2. The molecule has 6 heteroatoms. The third-order valence-electron chi connectivity index (χ3n) is 3.39. The van der Waals surface area contributed by atoms with E-state index in [1.165, 1.54) is 6.21 Å². The number of nitrogens with zero attached hydrogens (tertiary/aromatic N) is 1. The van der Waals surface area contributed by atoms with E-state index < -0.39 is 11.8 Å². The lowest BCUT2D eigenvalue weighted by molar-refractivity contribution is -0.139. The molecule has 0 aliphatic rings. The third kappa shape index (κ3) is 4.32. The van der Waals surface area contributed by atoms with Gasteiger partial charge in [0.05, 0.1) is 13.3 Å². The van der Waals surface area contributed by atoms with Crippen LogP contribution >= 0.6 is 0 Å². The van der Waals surface area contributed by atoms with Gasteiger partial charge >= 0.3 is 11.8 Å². The maximum atomic E-state index is 11.7. The van der Waals surface area contributed by atoms with Crippen molar-refractivity contribution in [2.45, 2.75) is 13.8 Å². The van der Waals surface area contributed by atoms with E-state index in [-0.39, 0.29) is 5.92 Å². The Morgan fingerprint density at radius 3 is 2.62 bits per heavy atom.